The second kappa shape index (κ2) is 8.41. The van der Waals surface area contributed by atoms with Crippen molar-refractivity contribution < 1.29 is 19.2 Å². The minimum atomic E-state index is -0.561. The van der Waals surface area contributed by atoms with Crippen LogP contribution in [0.3, 0.4) is 0 Å². The predicted molar refractivity (Wildman–Crippen MR) is 114 cm³/mol. The molecule has 1 heterocycles. The number of ether oxygens (including phenoxy) is 2. The van der Waals surface area contributed by atoms with Crippen molar-refractivity contribution >= 4 is 11.5 Å². The van der Waals surface area contributed by atoms with Crippen LogP contribution in [0.2, 0.25) is 0 Å². The second-order valence-electron chi connectivity index (χ2n) is 7.27. The number of ketones is 1. The minimum absolute atomic E-state index is 0.0252. The summed E-state index contributed by atoms with van der Waals surface area (Å²) in [6.45, 7) is 7.59. The van der Waals surface area contributed by atoms with Crippen LogP contribution in [0, 0.1) is 37.8 Å². The Morgan fingerprint density at radius 2 is 1.70 bits per heavy atom. The number of rotatable bonds is 7. The molecule has 0 spiro atoms. The molecule has 0 aliphatic carbocycles. The topological polar surface area (TPSA) is 83.6 Å². The highest BCUT2D eigenvalue weighted by Crippen LogP contribution is 2.31. The molecule has 7 nitrogen and oxygen atoms in total. The summed E-state index contributed by atoms with van der Waals surface area (Å²) in [5.41, 5.74) is 5.28. The smallest absolute Gasteiger partial charge is 0.314 e. The van der Waals surface area contributed by atoms with Gasteiger partial charge in [0.2, 0.25) is 5.78 Å². The number of benzene rings is 2. The Kier molecular flexibility index (Phi) is 5.91. The molecular formula is C23H24N2O5. The van der Waals surface area contributed by atoms with Crippen molar-refractivity contribution in [1.29, 1.82) is 0 Å². The number of nitro groups is 1. The van der Waals surface area contributed by atoms with Crippen LogP contribution in [-0.2, 0) is 0 Å². The molecule has 0 bridgehead atoms. The summed E-state index contributed by atoms with van der Waals surface area (Å²) >= 11 is 0. The fourth-order valence-electron chi connectivity index (χ4n) is 3.63. The molecular weight excluding hydrogens is 384 g/mol. The fraction of sp³-hybridized carbons (Fsp3) is 0.261. The Bertz CT molecular complexity index is 1110. The SMILES string of the molecule is COc1ccc(OCC(=O)c2cc(C)n(-c3cc(C)cc(C)c3)c2C)c([N+](=O)[O-])c1. The molecule has 0 N–H and O–H groups in total. The van der Waals surface area contributed by atoms with Crippen LogP contribution < -0.4 is 9.47 Å². The molecule has 0 unspecified atom stereocenters. The van der Waals surface area contributed by atoms with Crippen LogP contribution in [0.5, 0.6) is 11.5 Å². The van der Waals surface area contributed by atoms with Gasteiger partial charge in [-0.3, -0.25) is 14.9 Å². The maximum atomic E-state index is 12.8. The summed E-state index contributed by atoms with van der Waals surface area (Å²) in [5.74, 6) is 0.124. The molecule has 3 rings (SSSR count). The quantitative estimate of drug-likeness (QED) is 0.316. The third-order valence-electron chi connectivity index (χ3n) is 4.92. The van der Waals surface area contributed by atoms with E-state index in [0.29, 0.717) is 11.3 Å². The standard InChI is InChI=1S/C23H24N2O5/c1-14-8-15(2)10-18(9-14)24-16(3)11-20(17(24)4)22(26)13-30-23-7-6-19(29-5)12-21(23)25(27)28/h6-12H,13H2,1-5H3. The first-order valence-corrected chi connectivity index (χ1v) is 9.47. The van der Waals surface area contributed by atoms with Crippen molar-refractivity contribution in [3.8, 4) is 17.2 Å². The lowest BCUT2D eigenvalue weighted by Crippen LogP contribution is -2.13. The highest BCUT2D eigenvalue weighted by molar-refractivity contribution is 5.98. The minimum Gasteiger partial charge on any atom is -0.496 e. The zero-order valence-corrected chi connectivity index (χ0v) is 17.7. The summed E-state index contributed by atoms with van der Waals surface area (Å²) in [6, 6.07) is 12.3. The zero-order chi connectivity index (χ0) is 22.0. The van der Waals surface area contributed by atoms with Crippen molar-refractivity contribution in [3.63, 3.8) is 0 Å². The third kappa shape index (κ3) is 4.20. The molecule has 0 radical (unpaired) electrons. The average molecular weight is 408 g/mol. The molecule has 2 aromatic carbocycles. The molecule has 0 aliphatic heterocycles. The number of hydrogen-bond acceptors (Lipinski definition) is 5. The van der Waals surface area contributed by atoms with E-state index in [4.69, 9.17) is 9.47 Å². The van der Waals surface area contributed by atoms with Gasteiger partial charge in [-0.25, -0.2) is 0 Å². The Labute approximate surface area is 175 Å². The molecule has 0 saturated carbocycles. The van der Waals surface area contributed by atoms with Gasteiger partial charge in [-0.1, -0.05) is 6.07 Å². The molecule has 156 valence electrons. The van der Waals surface area contributed by atoms with Crippen molar-refractivity contribution in [2.45, 2.75) is 27.7 Å². The van der Waals surface area contributed by atoms with Gasteiger partial charge in [-0.05, 0) is 69.2 Å². The number of carbonyl (C=O) groups excluding carboxylic acids is 1. The first-order valence-electron chi connectivity index (χ1n) is 9.47. The van der Waals surface area contributed by atoms with Crippen LogP contribution in [0.1, 0.15) is 32.9 Å². The van der Waals surface area contributed by atoms with E-state index in [9.17, 15) is 14.9 Å². The Balaban J connectivity index is 1.86. The Morgan fingerprint density at radius 1 is 1.03 bits per heavy atom. The van der Waals surface area contributed by atoms with Gasteiger partial charge >= 0.3 is 5.69 Å². The Hall–Kier alpha value is -3.61. The number of aromatic nitrogens is 1. The number of nitrogens with zero attached hydrogens (tertiary/aromatic N) is 2. The molecule has 0 atom stereocenters. The van der Waals surface area contributed by atoms with E-state index < -0.39 is 4.92 Å². The van der Waals surface area contributed by atoms with Gasteiger partial charge in [-0.2, -0.15) is 0 Å². The van der Waals surface area contributed by atoms with Gasteiger partial charge in [0.15, 0.2) is 12.4 Å². The van der Waals surface area contributed by atoms with Gasteiger partial charge in [0, 0.05) is 22.6 Å². The van der Waals surface area contributed by atoms with Crippen LogP contribution in [0.4, 0.5) is 5.69 Å². The Morgan fingerprint density at radius 3 is 2.30 bits per heavy atom. The van der Waals surface area contributed by atoms with Crippen molar-refractivity contribution in [2.75, 3.05) is 13.7 Å². The van der Waals surface area contributed by atoms with Crippen LogP contribution in [0.25, 0.3) is 5.69 Å². The largest absolute Gasteiger partial charge is 0.496 e. The van der Waals surface area contributed by atoms with Crippen LogP contribution in [-0.4, -0.2) is 29.0 Å². The first kappa shape index (κ1) is 21.1. The van der Waals surface area contributed by atoms with E-state index in [2.05, 4.69) is 18.2 Å². The van der Waals surface area contributed by atoms with E-state index in [1.165, 1.54) is 19.2 Å². The molecule has 3 aromatic rings. The monoisotopic (exact) mass is 408 g/mol. The maximum absolute atomic E-state index is 12.8. The molecule has 30 heavy (non-hydrogen) atoms. The third-order valence-corrected chi connectivity index (χ3v) is 4.92. The van der Waals surface area contributed by atoms with Crippen molar-refractivity contribution in [3.05, 3.63) is 80.7 Å². The van der Waals surface area contributed by atoms with Crippen molar-refractivity contribution in [2.24, 2.45) is 0 Å². The first-order chi connectivity index (χ1) is 14.2. The number of aryl methyl sites for hydroxylation is 3. The van der Waals surface area contributed by atoms with Crippen LogP contribution in [0.15, 0.2) is 42.5 Å². The predicted octanol–water partition coefficient (Wildman–Crippen LogP) is 4.89. The molecule has 0 fully saturated rings. The van der Waals surface area contributed by atoms with Crippen LogP contribution >= 0.6 is 0 Å². The average Bonchev–Trinajstić information content (AvgIpc) is 2.99. The number of carbonyl (C=O) groups is 1. The van der Waals surface area contributed by atoms with E-state index in [1.807, 2.05) is 38.3 Å². The summed E-state index contributed by atoms with van der Waals surface area (Å²) in [4.78, 5) is 23.6. The van der Waals surface area contributed by atoms with Crippen molar-refractivity contribution in [1.82, 2.24) is 4.57 Å². The van der Waals surface area contributed by atoms with E-state index in [1.54, 1.807) is 6.07 Å². The van der Waals surface area contributed by atoms with Gasteiger partial charge in [0.05, 0.1) is 18.1 Å². The lowest BCUT2D eigenvalue weighted by atomic mass is 10.1. The highest BCUT2D eigenvalue weighted by Gasteiger charge is 2.21. The van der Waals surface area contributed by atoms with Gasteiger partial charge in [0.25, 0.3) is 0 Å². The zero-order valence-electron chi connectivity index (χ0n) is 17.7. The summed E-state index contributed by atoms with van der Waals surface area (Å²) < 4.78 is 12.6. The highest BCUT2D eigenvalue weighted by atomic mass is 16.6. The lowest BCUT2D eigenvalue weighted by molar-refractivity contribution is -0.385. The molecule has 1 aromatic heterocycles. The number of hydrogen-bond donors (Lipinski definition) is 0. The lowest BCUT2D eigenvalue weighted by Gasteiger charge is -2.12. The van der Waals surface area contributed by atoms with E-state index in [-0.39, 0.29) is 23.8 Å². The van der Waals surface area contributed by atoms with E-state index >= 15 is 0 Å². The number of Topliss-reactive ketones (excluding diaryl/α,β-unsaturated/α-hetero) is 1. The maximum Gasteiger partial charge on any atom is 0.314 e. The number of nitro benzene ring substituents is 1. The molecule has 0 saturated heterocycles. The number of methoxy groups -OCH3 is 1. The molecule has 0 aliphatic rings. The summed E-state index contributed by atoms with van der Waals surface area (Å²) in [7, 11) is 1.43. The van der Waals surface area contributed by atoms with Gasteiger partial charge < -0.3 is 14.0 Å². The normalized spacial score (nSPS) is 10.7. The van der Waals surface area contributed by atoms with Gasteiger partial charge in [-0.15, -0.1) is 0 Å². The van der Waals surface area contributed by atoms with E-state index in [0.717, 1.165) is 28.2 Å². The molecule has 7 heteroatoms. The molecule has 0 amide bonds. The van der Waals surface area contributed by atoms with Gasteiger partial charge in [0.1, 0.15) is 5.75 Å². The second-order valence-corrected chi connectivity index (χ2v) is 7.27. The summed E-state index contributed by atoms with van der Waals surface area (Å²) in [5, 5.41) is 11.3. The fourth-order valence-corrected chi connectivity index (χ4v) is 3.63. The summed E-state index contributed by atoms with van der Waals surface area (Å²) in [6.07, 6.45) is 0.